The van der Waals surface area contributed by atoms with Gasteiger partial charge < -0.3 is 10.8 Å². The third-order valence-electron chi connectivity index (χ3n) is 1.50. The molecule has 0 atom stereocenters. The number of aromatic nitrogens is 1. The van der Waals surface area contributed by atoms with Gasteiger partial charge in [-0.15, -0.1) is 0 Å². The predicted octanol–water partition coefficient (Wildman–Crippen LogP) is 1.32. The Morgan fingerprint density at radius 3 is 2.62 bits per heavy atom. The van der Waals surface area contributed by atoms with E-state index in [-0.39, 0.29) is 12.2 Å². The Bertz CT molecular complexity index is 317. The Hall–Kier alpha value is -1.30. The smallest absolute Gasteiger partial charge is 0.265 e. The van der Waals surface area contributed by atoms with Gasteiger partial charge in [0.25, 0.3) is 12.4 Å². The monoisotopic (exact) mass is 192 g/mol. The van der Waals surface area contributed by atoms with Crippen molar-refractivity contribution in [2.24, 2.45) is 5.73 Å². The van der Waals surface area contributed by atoms with E-state index in [1.165, 1.54) is 0 Å². The maximum Gasteiger partial charge on any atom is 0.265 e. The number of pyridine rings is 1. The Morgan fingerprint density at radius 1 is 1.54 bits per heavy atom. The van der Waals surface area contributed by atoms with Crippen LogP contribution in [0, 0.1) is 5.95 Å². The molecular weight excluding hydrogens is 185 g/mol. The van der Waals surface area contributed by atoms with E-state index in [2.05, 4.69) is 4.98 Å². The summed E-state index contributed by atoms with van der Waals surface area (Å²) in [5.41, 5.74) is 4.28. The van der Waals surface area contributed by atoms with E-state index in [1.54, 1.807) is 0 Å². The quantitative estimate of drug-likeness (QED) is 0.695. The van der Waals surface area contributed by atoms with Crippen molar-refractivity contribution < 1.29 is 18.3 Å². The van der Waals surface area contributed by atoms with Gasteiger partial charge >= 0.3 is 0 Å². The average Bonchev–Trinajstić information content (AvgIpc) is 2.08. The van der Waals surface area contributed by atoms with Crippen molar-refractivity contribution in [3.05, 3.63) is 23.3 Å². The zero-order valence-corrected chi connectivity index (χ0v) is 6.47. The third kappa shape index (κ3) is 1.89. The molecule has 1 aromatic heterocycles. The first-order chi connectivity index (χ1) is 6.06. The van der Waals surface area contributed by atoms with Gasteiger partial charge in [-0.1, -0.05) is 0 Å². The minimum Gasteiger partial charge on any atom is -0.504 e. The van der Waals surface area contributed by atoms with Crippen LogP contribution < -0.4 is 5.73 Å². The Kier molecular flexibility index (Phi) is 2.72. The van der Waals surface area contributed by atoms with Crippen LogP contribution in [0.3, 0.4) is 0 Å². The van der Waals surface area contributed by atoms with Gasteiger partial charge in [-0.3, -0.25) is 0 Å². The summed E-state index contributed by atoms with van der Waals surface area (Å²) in [4.78, 5) is 3.09. The van der Waals surface area contributed by atoms with Gasteiger partial charge in [0, 0.05) is 12.1 Å². The number of hydrogen-bond donors (Lipinski definition) is 2. The van der Waals surface area contributed by atoms with E-state index in [1.807, 2.05) is 0 Å². The van der Waals surface area contributed by atoms with E-state index in [9.17, 15) is 13.2 Å². The molecule has 0 aliphatic heterocycles. The molecule has 0 bridgehead atoms. The van der Waals surface area contributed by atoms with Crippen molar-refractivity contribution in [1.82, 2.24) is 4.98 Å². The summed E-state index contributed by atoms with van der Waals surface area (Å²) in [5.74, 6) is -2.09. The summed E-state index contributed by atoms with van der Waals surface area (Å²) >= 11 is 0. The van der Waals surface area contributed by atoms with E-state index in [4.69, 9.17) is 10.8 Å². The molecule has 3 nitrogen and oxygen atoms in total. The molecule has 1 rings (SSSR count). The van der Waals surface area contributed by atoms with Crippen LogP contribution in [0.4, 0.5) is 13.2 Å². The molecule has 0 amide bonds. The molecule has 0 saturated heterocycles. The molecule has 0 fully saturated rings. The van der Waals surface area contributed by atoms with Gasteiger partial charge in [0.05, 0.1) is 5.69 Å². The lowest BCUT2D eigenvalue weighted by molar-refractivity contribution is 0.149. The highest BCUT2D eigenvalue weighted by molar-refractivity contribution is 5.30. The second-order valence-corrected chi connectivity index (χ2v) is 2.34. The fourth-order valence-electron chi connectivity index (χ4n) is 0.883. The highest BCUT2D eigenvalue weighted by atomic mass is 19.3. The van der Waals surface area contributed by atoms with Crippen LogP contribution in [0.25, 0.3) is 0 Å². The molecule has 1 heterocycles. The second kappa shape index (κ2) is 3.61. The molecule has 0 saturated carbocycles. The summed E-state index contributed by atoms with van der Waals surface area (Å²) < 4.78 is 36.9. The molecule has 1 aromatic rings. The molecule has 0 aromatic carbocycles. The first-order valence-corrected chi connectivity index (χ1v) is 3.42. The molecule has 72 valence electrons. The van der Waals surface area contributed by atoms with Gasteiger partial charge in [0.15, 0.2) is 5.75 Å². The van der Waals surface area contributed by atoms with Crippen molar-refractivity contribution in [3.63, 3.8) is 0 Å². The molecule has 13 heavy (non-hydrogen) atoms. The number of alkyl halides is 2. The summed E-state index contributed by atoms with van der Waals surface area (Å²) in [6, 6.07) is 0.634. The number of halogens is 3. The highest BCUT2D eigenvalue weighted by Crippen LogP contribution is 2.26. The average molecular weight is 192 g/mol. The van der Waals surface area contributed by atoms with Crippen LogP contribution in [0.2, 0.25) is 0 Å². The summed E-state index contributed by atoms with van der Waals surface area (Å²) in [7, 11) is 0. The van der Waals surface area contributed by atoms with E-state index < -0.39 is 23.7 Å². The zero-order valence-electron chi connectivity index (χ0n) is 6.47. The maximum atomic E-state index is 12.5. The van der Waals surface area contributed by atoms with Crippen LogP contribution in [0.5, 0.6) is 5.75 Å². The molecule has 6 heteroatoms. The van der Waals surface area contributed by atoms with Gasteiger partial charge in [-0.05, 0) is 6.07 Å². The van der Waals surface area contributed by atoms with Crippen molar-refractivity contribution in [2.75, 3.05) is 0 Å². The first-order valence-electron chi connectivity index (χ1n) is 3.42. The van der Waals surface area contributed by atoms with E-state index >= 15 is 0 Å². The fraction of sp³-hybridized carbons (Fsp3) is 0.286. The van der Waals surface area contributed by atoms with Gasteiger partial charge in [0.1, 0.15) is 0 Å². The standard InChI is InChI=1S/C7H7F3N2O/c8-6(9)3-1-5(13)7(10)12-4(3)2-11/h1,6,13H,2,11H2. The number of nitrogens with zero attached hydrogens (tertiary/aromatic N) is 1. The molecule has 0 aliphatic rings. The van der Waals surface area contributed by atoms with Crippen LogP contribution in [0.1, 0.15) is 17.7 Å². The second-order valence-electron chi connectivity index (χ2n) is 2.34. The van der Waals surface area contributed by atoms with E-state index in [0.717, 1.165) is 0 Å². The van der Waals surface area contributed by atoms with Crippen molar-refractivity contribution in [1.29, 1.82) is 0 Å². The third-order valence-corrected chi connectivity index (χ3v) is 1.50. The lowest BCUT2D eigenvalue weighted by Gasteiger charge is -2.06. The molecule has 3 N–H and O–H groups in total. The largest absolute Gasteiger partial charge is 0.504 e. The Morgan fingerprint density at radius 2 is 2.15 bits per heavy atom. The molecule has 0 unspecified atom stereocenters. The summed E-state index contributed by atoms with van der Waals surface area (Å²) in [6.07, 6.45) is -2.82. The van der Waals surface area contributed by atoms with Crippen LogP contribution >= 0.6 is 0 Å². The minimum absolute atomic E-state index is 0.245. The number of aromatic hydroxyl groups is 1. The molecule has 0 spiro atoms. The number of hydrogen-bond acceptors (Lipinski definition) is 3. The van der Waals surface area contributed by atoms with Crippen molar-refractivity contribution in [3.8, 4) is 5.75 Å². The topological polar surface area (TPSA) is 59.1 Å². The van der Waals surface area contributed by atoms with Gasteiger partial charge in [-0.2, -0.15) is 4.39 Å². The van der Waals surface area contributed by atoms with Crippen LogP contribution in [0.15, 0.2) is 6.07 Å². The van der Waals surface area contributed by atoms with Gasteiger partial charge in [0.2, 0.25) is 0 Å². The molecular formula is C7H7F3N2O. The Labute approximate surface area is 72.0 Å². The van der Waals surface area contributed by atoms with Crippen molar-refractivity contribution >= 4 is 0 Å². The first kappa shape index (κ1) is 9.79. The van der Waals surface area contributed by atoms with Crippen molar-refractivity contribution in [2.45, 2.75) is 13.0 Å². The predicted molar refractivity (Wildman–Crippen MR) is 38.7 cm³/mol. The fourth-order valence-corrected chi connectivity index (χ4v) is 0.883. The summed E-state index contributed by atoms with van der Waals surface area (Å²) in [5, 5.41) is 8.76. The van der Waals surface area contributed by atoms with Crippen LogP contribution in [-0.4, -0.2) is 10.1 Å². The lowest BCUT2D eigenvalue weighted by atomic mass is 10.2. The minimum atomic E-state index is -2.82. The Balaban J connectivity index is 3.25. The highest BCUT2D eigenvalue weighted by Gasteiger charge is 2.16. The SMILES string of the molecule is NCc1nc(F)c(O)cc1C(F)F. The maximum absolute atomic E-state index is 12.5. The zero-order chi connectivity index (χ0) is 10.0. The molecule has 0 aliphatic carbocycles. The number of nitrogens with two attached hydrogens (primary N) is 1. The van der Waals surface area contributed by atoms with Gasteiger partial charge in [-0.25, -0.2) is 13.8 Å². The van der Waals surface area contributed by atoms with Crippen LogP contribution in [-0.2, 0) is 6.54 Å². The summed E-state index contributed by atoms with van der Waals surface area (Å²) in [6.45, 7) is -0.295. The lowest BCUT2D eigenvalue weighted by Crippen LogP contribution is -2.06. The molecule has 0 radical (unpaired) electrons. The van der Waals surface area contributed by atoms with E-state index in [0.29, 0.717) is 6.07 Å². The number of rotatable bonds is 2. The normalized spacial score (nSPS) is 10.8.